The molecule has 0 aromatic heterocycles. The molecule has 206 valence electrons. The summed E-state index contributed by atoms with van der Waals surface area (Å²) in [7, 11) is 1.35. The van der Waals surface area contributed by atoms with Crippen LogP contribution in [0.1, 0.15) is 46.8 Å². The number of benzene rings is 4. The molecule has 1 atom stereocenters. The lowest BCUT2D eigenvalue weighted by Crippen LogP contribution is -2.29. The maximum atomic E-state index is 13.8. The molecule has 0 spiro atoms. The van der Waals surface area contributed by atoms with Crippen molar-refractivity contribution in [1.82, 2.24) is 5.32 Å². The van der Waals surface area contributed by atoms with E-state index in [0.717, 1.165) is 16.5 Å². The zero-order valence-electron chi connectivity index (χ0n) is 22.9. The van der Waals surface area contributed by atoms with Gasteiger partial charge in [-0.15, -0.1) is 0 Å². The van der Waals surface area contributed by atoms with Gasteiger partial charge in [-0.3, -0.25) is 4.79 Å². The maximum Gasteiger partial charge on any atom is 0.336 e. The van der Waals surface area contributed by atoms with Crippen molar-refractivity contribution in [2.24, 2.45) is 0 Å². The van der Waals surface area contributed by atoms with E-state index >= 15 is 0 Å². The Kier molecular flexibility index (Phi) is 7.14. The molecule has 0 unspecified atom stereocenters. The number of nitrogens with one attached hydrogen (secondary N) is 1. The molecule has 1 N–H and O–H groups in total. The van der Waals surface area contributed by atoms with E-state index in [1.807, 2.05) is 62.4 Å². The number of rotatable bonds is 7. The first kappa shape index (κ1) is 26.8. The second-order valence-electron chi connectivity index (χ2n) is 9.98. The molecule has 41 heavy (non-hydrogen) atoms. The lowest BCUT2D eigenvalue weighted by molar-refractivity contribution is -0.136. The van der Waals surface area contributed by atoms with Crippen LogP contribution in [0.4, 0.5) is 0 Å². The summed E-state index contributed by atoms with van der Waals surface area (Å²) in [4.78, 5) is 26.9. The highest BCUT2D eigenvalue weighted by atomic mass is 79.9. The summed E-state index contributed by atoms with van der Waals surface area (Å²) >= 11 is 3.73. The van der Waals surface area contributed by atoms with Crippen molar-refractivity contribution in [3.8, 4) is 11.5 Å². The standard InChI is InChI=1S/C34H28BrNO5/c1-4-40-27-16-25(26(35)17-28(27)41-18-20-13-14-21-9-5-6-10-22(21)15-20)30-29(34(38)39-3)19(2)36-32-23-11-7-8-12-24(23)33(37)31(30)32/h5-17,30,36H,4,18H2,1-3H3/t30-/m1/s1. The normalized spacial score (nSPS) is 15.9. The molecule has 1 aliphatic heterocycles. The van der Waals surface area contributed by atoms with Gasteiger partial charge < -0.3 is 19.5 Å². The van der Waals surface area contributed by atoms with Crippen LogP contribution in [0.15, 0.2) is 100 Å². The van der Waals surface area contributed by atoms with Crippen LogP contribution in [0.2, 0.25) is 0 Å². The summed E-state index contributed by atoms with van der Waals surface area (Å²) in [6.07, 6.45) is 0. The van der Waals surface area contributed by atoms with E-state index in [9.17, 15) is 9.59 Å². The van der Waals surface area contributed by atoms with Gasteiger partial charge in [-0.05, 0) is 53.9 Å². The lowest BCUT2D eigenvalue weighted by atomic mass is 9.79. The van der Waals surface area contributed by atoms with Gasteiger partial charge in [-0.2, -0.15) is 0 Å². The summed E-state index contributed by atoms with van der Waals surface area (Å²) in [6.45, 7) is 4.49. The highest BCUT2D eigenvalue weighted by Crippen LogP contribution is 2.50. The number of fused-ring (bicyclic) bond motifs is 3. The molecule has 1 heterocycles. The van der Waals surface area contributed by atoms with Gasteiger partial charge in [-0.25, -0.2) is 4.79 Å². The molecule has 0 radical (unpaired) electrons. The number of methoxy groups -OCH3 is 1. The molecule has 4 aromatic rings. The largest absolute Gasteiger partial charge is 0.490 e. The van der Waals surface area contributed by atoms with Crippen molar-refractivity contribution >= 4 is 44.2 Å². The van der Waals surface area contributed by atoms with E-state index in [4.69, 9.17) is 14.2 Å². The fourth-order valence-corrected chi connectivity index (χ4v) is 6.21. The second-order valence-corrected chi connectivity index (χ2v) is 10.8. The Labute approximate surface area is 246 Å². The monoisotopic (exact) mass is 609 g/mol. The number of ether oxygens (including phenoxy) is 3. The predicted octanol–water partition coefficient (Wildman–Crippen LogP) is 7.32. The SMILES string of the molecule is CCOc1cc([C@@H]2C(C(=O)OC)=C(C)NC3=C2C(=O)c2ccccc23)c(Br)cc1OCc1ccc2ccccc2c1. The Balaban J connectivity index is 1.42. The van der Waals surface area contributed by atoms with Crippen LogP contribution in [0.3, 0.4) is 0 Å². The summed E-state index contributed by atoms with van der Waals surface area (Å²) in [5, 5.41) is 5.63. The van der Waals surface area contributed by atoms with Gasteiger partial charge >= 0.3 is 5.97 Å². The van der Waals surface area contributed by atoms with Gasteiger partial charge in [0.05, 0.1) is 30.9 Å². The highest BCUT2D eigenvalue weighted by Gasteiger charge is 2.43. The minimum absolute atomic E-state index is 0.122. The highest BCUT2D eigenvalue weighted by molar-refractivity contribution is 9.10. The Hall–Kier alpha value is -4.36. The minimum Gasteiger partial charge on any atom is -0.490 e. The van der Waals surface area contributed by atoms with Gasteiger partial charge in [0.1, 0.15) is 6.61 Å². The van der Waals surface area contributed by atoms with Crippen molar-refractivity contribution in [2.75, 3.05) is 13.7 Å². The predicted molar refractivity (Wildman–Crippen MR) is 162 cm³/mol. The number of carbonyl (C=O) groups is 2. The van der Waals surface area contributed by atoms with Gasteiger partial charge in [0, 0.05) is 26.9 Å². The van der Waals surface area contributed by atoms with Crippen LogP contribution in [0, 0.1) is 0 Å². The van der Waals surface area contributed by atoms with Crippen molar-refractivity contribution < 1.29 is 23.8 Å². The molecule has 0 saturated heterocycles. The number of dihydropyridines is 1. The third kappa shape index (κ3) is 4.70. The minimum atomic E-state index is -0.679. The number of halogens is 1. The van der Waals surface area contributed by atoms with Crippen molar-refractivity contribution in [1.29, 1.82) is 0 Å². The third-order valence-electron chi connectivity index (χ3n) is 7.54. The fraction of sp³-hybridized carbons (Fsp3) is 0.176. The van der Waals surface area contributed by atoms with Gasteiger partial charge in [0.25, 0.3) is 0 Å². The fourth-order valence-electron chi connectivity index (χ4n) is 5.66. The van der Waals surface area contributed by atoms with Crippen molar-refractivity contribution in [2.45, 2.75) is 26.4 Å². The Morgan fingerprint density at radius 2 is 1.61 bits per heavy atom. The van der Waals surface area contributed by atoms with Crippen molar-refractivity contribution in [3.63, 3.8) is 0 Å². The summed E-state index contributed by atoms with van der Waals surface area (Å²) < 4.78 is 18.2. The van der Waals surface area contributed by atoms with Crippen LogP contribution in [-0.4, -0.2) is 25.5 Å². The molecule has 2 aliphatic rings. The maximum absolute atomic E-state index is 13.8. The molecule has 4 aromatic carbocycles. The van der Waals surface area contributed by atoms with E-state index < -0.39 is 11.9 Å². The van der Waals surface area contributed by atoms with Crippen LogP contribution in [0.5, 0.6) is 11.5 Å². The molecule has 0 bridgehead atoms. The third-order valence-corrected chi connectivity index (χ3v) is 8.22. The number of hydrogen-bond donors (Lipinski definition) is 1. The molecule has 6 nitrogen and oxygen atoms in total. The number of allylic oxidation sites excluding steroid dienone is 2. The van der Waals surface area contributed by atoms with E-state index in [0.29, 0.717) is 62.9 Å². The lowest BCUT2D eigenvalue weighted by Gasteiger charge is -2.30. The van der Waals surface area contributed by atoms with Crippen LogP contribution in [-0.2, 0) is 16.1 Å². The molecule has 6 rings (SSSR count). The zero-order chi connectivity index (χ0) is 28.7. The molecule has 0 fully saturated rings. The smallest absolute Gasteiger partial charge is 0.336 e. The number of hydrogen-bond acceptors (Lipinski definition) is 6. The van der Waals surface area contributed by atoms with Crippen LogP contribution in [0.25, 0.3) is 16.5 Å². The van der Waals surface area contributed by atoms with Crippen LogP contribution >= 0.6 is 15.9 Å². The Morgan fingerprint density at radius 1 is 0.902 bits per heavy atom. The van der Waals surface area contributed by atoms with Crippen molar-refractivity contribution in [3.05, 3.63) is 122 Å². The van der Waals surface area contributed by atoms with E-state index in [1.165, 1.54) is 12.5 Å². The first-order chi connectivity index (χ1) is 19.9. The topological polar surface area (TPSA) is 73.9 Å². The molecule has 0 amide bonds. The average Bonchev–Trinajstić information content (AvgIpc) is 3.27. The van der Waals surface area contributed by atoms with Gasteiger partial charge in [0.15, 0.2) is 17.3 Å². The molecular weight excluding hydrogens is 582 g/mol. The molecular formula is C34H28BrNO5. The molecule has 7 heteroatoms. The van der Waals surface area contributed by atoms with E-state index in [1.54, 1.807) is 0 Å². The quantitative estimate of drug-likeness (QED) is 0.221. The Bertz CT molecular complexity index is 1790. The van der Waals surface area contributed by atoms with Gasteiger partial charge in [0.2, 0.25) is 0 Å². The van der Waals surface area contributed by atoms with Crippen LogP contribution < -0.4 is 14.8 Å². The second kappa shape index (κ2) is 10.9. The number of Topliss-reactive ketones (excluding diaryl/α,β-unsaturated/α-hetero) is 1. The molecule has 0 saturated carbocycles. The van der Waals surface area contributed by atoms with E-state index in [2.05, 4.69) is 51.6 Å². The van der Waals surface area contributed by atoms with E-state index in [-0.39, 0.29) is 5.78 Å². The van der Waals surface area contributed by atoms with Gasteiger partial charge in [-0.1, -0.05) is 76.6 Å². The summed E-state index contributed by atoms with van der Waals surface area (Å²) in [5.41, 5.74) is 5.38. The summed E-state index contributed by atoms with van der Waals surface area (Å²) in [5.74, 6) is -0.223. The number of esters is 1. The number of carbonyl (C=O) groups excluding carboxylic acids is 2. The molecule has 1 aliphatic carbocycles. The first-order valence-electron chi connectivity index (χ1n) is 13.4. The average molecular weight is 611 g/mol. The first-order valence-corrected chi connectivity index (χ1v) is 14.2. The zero-order valence-corrected chi connectivity index (χ0v) is 24.5. The number of ketones is 1. The Morgan fingerprint density at radius 3 is 2.37 bits per heavy atom. The summed E-state index contributed by atoms with van der Waals surface area (Å²) in [6, 6.07) is 25.6.